The molecule has 0 saturated carbocycles. The number of amides is 1. The molecular weight excluding hydrogens is 425 g/mol. The molecule has 1 unspecified atom stereocenters. The molecule has 1 N–H and O–H groups in total. The Morgan fingerprint density at radius 2 is 1.81 bits per heavy atom. The Morgan fingerprint density at radius 1 is 1.10 bits per heavy atom. The van der Waals surface area contributed by atoms with Crippen LogP contribution in [0.25, 0.3) is 0 Å². The molecular formula is C23H21ClFNO5. The van der Waals surface area contributed by atoms with Gasteiger partial charge in [-0.3, -0.25) is 4.79 Å². The third-order valence-electron chi connectivity index (χ3n) is 3.93. The molecule has 8 heteroatoms. The fraction of sp³-hybridized carbons (Fsp3) is 0.261. The van der Waals surface area contributed by atoms with Gasteiger partial charge in [-0.1, -0.05) is 35.6 Å². The summed E-state index contributed by atoms with van der Waals surface area (Å²) in [7, 11) is 1.41. The Labute approximate surface area is 185 Å². The molecule has 0 aromatic heterocycles. The number of benzene rings is 2. The first kappa shape index (κ1) is 23.9. The van der Waals surface area contributed by atoms with Gasteiger partial charge in [0.05, 0.1) is 13.7 Å². The fourth-order valence-corrected chi connectivity index (χ4v) is 2.67. The molecule has 1 atom stereocenters. The Morgan fingerprint density at radius 3 is 2.45 bits per heavy atom. The summed E-state index contributed by atoms with van der Waals surface area (Å²) in [6, 6.07) is 9.10. The zero-order valence-corrected chi connectivity index (χ0v) is 17.6. The lowest BCUT2D eigenvalue weighted by Gasteiger charge is -2.17. The molecule has 2 aromatic rings. The van der Waals surface area contributed by atoms with Crippen LogP contribution < -0.4 is 19.5 Å². The lowest BCUT2D eigenvalue weighted by molar-refractivity contribution is -0.132. The maximum atomic E-state index is 14.3. The molecule has 31 heavy (non-hydrogen) atoms. The van der Waals surface area contributed by atoms with Crippen molar-refractivity contribution in [1.29, 1.82) is 0 Å². The van der Waals surface area contributed by atoms with Crippen LogP contribution in [0.1, 0.15) is 11.7 Å². The van der Waals surface area contributed by atoms with E-state index < -0.39 is 17.8 Å². The molecule has 0 spiro atoms. The minimum atomic E-state index is -0.919. The molecule has 162 valence electrons. The summed E-state index contributed by atoms with van der Waals surface area (Å²) in [5.41, 5.74) is 0.594. The monoisotopic (exact) mass is 445 g/mol. The van der Waals surface area contributed by atoms with Gasteiger partial charge in [-0.25, -0.2) is 4.39 Å². The summed E-state index contributed by atoms with van der Waals surface area (Å²) in [6.07, 6.45) is 9.45. The van der Waals surface area contributed by atoms with Gasteiger partial charge in [0, 0.05) is 17.2 Å². The van der Waals surface area contributed by atoms with E-state index in [0.717, 1.165) is 6.07 Å². The van der Waals surface area contributed by atoms with Crippen molar-refractivity contribution in [2.24, 2.45) is 0 Å². The second-order valence-electron chi connectivity index (χ2n) is 6.01. The van der Waals surface area contributed by atoms with Crippen LogP contribution in [0.2, 0.25) is 5.02 Å². The van der Waals surface area contributed by atoms with E-state index in [1.54, 1.807) is 24.3 Å². The number of terminal acetylenes is 2. The molecule has 0 fully saturated rings. The summed E-state index contributed by atoms with van der Waals surface area (Å²) < 4.78 is 35.5. The highest BCUT2D eigenvalue weighted by Gasteiger charge is 2.21. The van der Waals surface area contributed by atoms with Crippen molar-refractivity contribution in [3.63, 3.8) is 0 Å². The lowest BCUT2D eigenvalue weighted by Crippen LogP contribution is -2.34. The van der Waals surface area contributed by atoms with Crippen LogP contribution in [0.15, 0.2) is 36.4 Å². The number of hydrogen-bond acceptors (Lipinski definition) is 5. The molecule has 0 aliphatic heterocycles. The first-order valence-electron chi connectivity index (χ1n) is 9.15. The van der Waals surface area contributed by atoms with E-state index in [-0.39, 0.29) is 43.6 Å². The highest BCUT2D eigenvalue weighted by molar-refractivity contribution is 6.30. The van der Waals surface area contributed by atoms with Gasteiger partial charge in [0.15, 0.2) is 29.2 Å². The first-order valence-corrected chi connectivity index (χ1v) is 9.52. The molecule has 2 rings (SSSR count). The average Bonchev–Trinajstić information content (AvgIpc) is 2.77. The van der Waals surface area contributed by atoms with Crippen LogP contribution in [0.3, 0.4) is 0 Å². The molecule has 0 heterocycles. The number of carbonyl (C=O) groups excluding carboxylic acids is 1. The van der Waals surface area contributed by atoms with Crippen molar-refractivity contribution in [2.45, 2.75) is 6.10 Å². The number of rotatable bonds is 11. The summed E-state index contributed by atoms with van der Waals surface area (Å²) in [4.78, 5) is 12.5. The highest BCUT2D eigenvalue weighted by Crippen LogP contribution is 2.34. The van der Waals surface area contributed by atoms with Crippen LogP contribution in [-0.4, -0.2) is 39.4 Å². The minimum Gasteiger partial charge on any atom is -0.493 e. The van der Waals surface area contributed by atoms with E-state index in [1.165, 1.54) is 13.2 Å². The Bertz CT molecular complexity index is 966. The first-order chi connectivity index (χ1) is 15.0. The predicted octanol–water partition coefficient (Wildman–Crippen LogP) is 3.39. The van der Waals surface area contributed by atoms with Gasteiger partial charge in [0.2, 0.25) is 0 Å². The second-order valence-corrected chi connectivity index (χ2v) is 6.45. The van der Waals surface area contributed by atoms with Gasteiger partial charge < -0.3 is 24.3 Å². The minimum absolute atomic E-state index is 0.00114. The number of methoxy groups -OCH3 is 1. The largest absolute Gasteiger partial charge is 0.493 e. The molecule has 0 radical (unpaired) electrons. The summed E-state index contributed by atoms with van der Waals surface area (Å²) in [5.74, 6) is 3.91. The zero-order chi connectivity index (χ0) is 22.6. The van der Waals surface area contributed by atoms with E-state index in [1.807, 2.05) is 0 Å². The number of ether oxygens (including phenoxy) is 4. The van der Waals surface area contributed by atoms with Crippen molar-refractivity contribution < 1.29 is 28.1 Å². The van der Waals surface area contributed by atoms with Crippen molar-refractivity contribution >= 4 is 17.5 Å². The summed E-state index contributed by atoms with van der Waals surface area (Å²) in [5, 5.41) is 3.20. The van der Waals surface area contributed by atoms with E-state index in [0.29, 0.717) is 10.6 Å². The van der Waals surface area contributed by atoms with Crippen molar-refractivity contribution in [1.82, 2.24) is 5.32 Å². The number of hydrogen-bond donors (Lipinski definition) is 1. The molecule has 1 amide bonds. The van der Waals surface area contributed by atoms with Gasteiger partial charge in [0.1, 0.15) is 19.8 Å². The topological polar surface area (TPSA) is 66.0 Å². The highest BCUT2D eigenvalue weighted by atomic mass is 35.5. The molecule has 2 aromatic carbocycles. The van der Waals surface area contributed by atoms with Gasteiger partial charge in [-0.2, -0.15) is 0 Å². The number of nitrogens with one attached hydrogen (secondary N) is 1. The average molecular weight is 446 g/mol. The van der Waals surface area contributed by atoms with Crippen molar-refractivity contribution in [2.75, 3.05) is 33.5 Å². The molecule has 6 nitrogen and oxygen atoms in total. The Balaban J connectivity index is 1.95. The molecule has 0 saturated heterocycles. The Kier molecular flexibility index (Phi) is 9.51. The summed E-state index contributed by atoms with van der Waals surface area (Å²) >= 11 is 5.88. The van der Waals surface area contributed by atoms with Crippen molar-refractivity contribution in [3.05, 3.63) is 52.8 Å². The predicted molar refractivity (Wildman–Crippen MR) is 115 cm³/mol. The van der Waals surface area contributed by atoms with Crippen LogP contribution in [0.4, 0.5) is 4.39 Å². The van der Waals surface area contributed by atoms with E-state index in [2.05, 4.69) is 17.2 Å². The Hall–Kier alpha value is -3.39. The molecule has 0 aliphatic rings. The van der Waals surface area contributed by atoms with Gasteiger partial charge in [-0.05, 0) is 17.7 Å². The van der Waals surface area contributed by atoms with E-state index in [9.17, 15) is 9.18 Å². The zero-order valence-electron chi connectivity index (χ0n) is 16.8. The summed E-state index contributed by atoms with van der Waals surface area (Å²) in [6.45, 7) is 0.0210. The standard InChI is InChI=1S/C23H21ClFNO5/c1-4-11-29-21-14-18(25)19(15-20(21)28-3)30-13-10-26-23(27)22(31-12-5-2)16-6-8-17(24)9-7-16/h1-2,6-9,14-15,22H,10-13H2,3H3,(H,26,27). The normalized spacial score (nSPS) is 11.0. The van der Waals surface area contributed by atoms with Gasteiger partial charge >= 0.3 is 0 Å². The maximum absolute atomic E-state index is 14.3. The van der Waals surface area contributed by atoms with E-state index in [4.69, 9.17) is 43.4 Å². The van der Waals surface area contributed by atoms with Crippen LogP contribution in [-0.2, 0) is 9.53 Å². The van der Waals surface area contributed by atoms with Crippen molar-refractivity contribution in [3.8, 4) is 41.9 Å². The fourth-order valence-electron chi connectivity index (χ4n) is 2.54. The maximum Gasteiger partial charge on any atom is 0.253 e. The van der Waals surface area contributed by atoms with Crippen LogP contribution in [0.5, 0.6) is 17.2 Å². The SMILES string of the molecule is C#CCOc1cc(F)c(OCCNC(=O)C(OCC#C)c2ccc(Cl)cc2)cc1OC. The van der Waals surface area contributed by atoms with Crippen LogP contribution >= 0.6 is 11.6 Å². The van der Waals surface area contributed by atoms with Gasteiger partial charge in [0.25, 0.3) is 5.91 Å². The van der Waals surface area contributed by atoms with Gasteiger partial charge in [-0.15, -0.1) is 12.8 Å². The third-order valence-corrected chi connectivity index (χ3v) is 4.18. The lowest BCUT2D eigenvalue weighted by atomic mass is 10.1. The number of carbonyl (C=O) groups is 1. The number of halogens is 2. The third kappa shape index (κ3) is 7.11. The molecule has 0 aliphatic carbocycles. The van der Waals surface area contributed by atoms with E-state index >= 15 is 0 Å². The quantitative estimate of drug-likeness (QED) is 0.424. The smallest absolute Gasteiger partial charge is 0.253 e. The molecule has 0 bridgehead atoms. The second kappa shape index (κ2) is 12.3. The van der Waals surface area contributed by atoms with Crippen LogP contribution in [0, 0.1) is 30.5 Å².